The number of hydrogen-bond donors (Lipinski definition) is 1. The third-order valence-electron chi connectivity index (χ3n) is 5.76. The highest BCUT2D eigenvalue weighted by Gasteiger charge is 2.31. The molecule has 2 aromatic rings. The first kappa shape index (κ1) is 24.7. The Morgan fingerprint density at radius 3 is 2.52 bits per heavy atom. The number of hydrogen-bond acceptors (Lipinski definition) is 4. The standard InChI is InChI=1S/C27H28BrNO4/c1-4-16-32-24-15-12-20(18-25(24)31-3)22-8-6-7-9-23(22)29-27(30)26(33-17-5-2)19-10-13-21(28)14-11-19/h1-2,10-15,18,22-23,26H,6-9,16-17H2,3H3,(H,29,30)/t22-,23+,26?/m0/s1. The van der Waals surface area contributed by atoms with Crippen molar-refractivity contribution in [2.45, 2.75) is 43.7 Å². The summed E-state index contributed by atoms with van der Waals surface area (Å²) in [5.41, 5.74) is 1.85. The first-order valence-electron chi connectivity index (χ1n) is 10.9. The predicted molar refractivity (Wildman–Crippen MR) is 132 cm³/mol. The summed E-state index contributed by atoms with van der Waals surface area (Å²) in [5.74, 6) is 6.11. The molecule has 172 valence electrons. The van der Waals surface area contributed by atoms with Crippen molar-refractivity contribution in [1.29, 1.82) is 0 Å². The van der Waals surface area contributed by atoms with E-state index in [2.05, 4.69) is 33.1 Å². The second kappa shape index (κ2) is 12.3. The van der Waals surface area contributed by atoms with Gasteiger partial charge >= 0.3 is 0 Å². The van der Waals surface area contributed by atoms with Gasteiger partial charge in [0.1, 0.15) is 13.2 Å². The van der Waals surface area contributed by atoms with E-state index in [-0.39, 0.29) is 31.1 Å². The van der Waals surface area contributed by atoms with Gasteiger partial charge in [-0.05, 0) is 48.2 Å². The van der Waals surface area contributed by atoms with Gasteiger partial charge in [-0.1, -0.05) is 58.8 Å². The number of amides is 1. The van der Waals surface area contributed by atoms with Crippen LogP contribution in [0, 0.1) is 24.7 Å². The molecule has 3 rings (SSSR count). The predicted octanol–water partition coefficient (Wildman–Crippen LogP) is 5.00. The van der Waals surface area contributed by atoms with Crippen LogP contribution in [0.4, 0.5) is 0 Å². The van der Waals surface area contributed by atoms with Gasteiger partial charge < -0.3 is 19.5 Å². The second-order valence-electron chi connectivity index (χ2n) is 7.86. The van der Waals surface area contributed by atoms with E-state index < -0.39 is 6.10 Å². The van der Waals surface area contributed by atoms with Crippen LogP contribution in [0.3, 0.4) is 0 Å². The van der Waals surface area contributed by atoms with E-state index in [0.717, 1.165) is 41.3 Å². The zero-order valence-corrected chi connectivity index (χ0v) is 20.3. The summed E-state index contributed by atoms with van der Waals surface area (Å²) in [7, 11) is 1.60. The average molecular weight is 510 g/mol. The van der Waals surface area contributed by atoms with Crippen LogP contribution in [0.15, 0.2) is 46.9 Å². The molecule has 1 aliphatic rings. The third kappa shape index (κ3) is 6.54. The smallest absolute Gasteiger partial charge is 0.254 e. The van der Waals surface area contributed by atoms with Gasteiger partial charge in [0.15, 0.2) is 17.6 Å². The monoisotopic (exact) mass is 509 g/mol. The number of terminal acetylenes is 2. The van der Waals surface area contributed by atoms with Gasteiger partial charge in [-0.25, -0.2) is 0 Å². The molecule has 1 amide bonds. The molecule has 1 fully saturated rings. The molecule has 1 saturated carbocycles. The second-order valence-corrected chi connectivity index (χ2v) is 8.77. The summed E-state index contributed by atoms with van der Waals surface area (Å²) in [5, 5.41) is 3.23. The minimum atomic E-state index is -0.772. The highest BCUT2D eigenvalue weighted by Crippen LogP contribution is 2.38. The van der Waals surface area contributed by atoms with Crippen molar-refractivity contribution in [1.82, 2.24) is 5.32 Å². The number of halogens is 1. The summed E-state index contributed by atoms with van der Waals surface area (Å²) in [6, 6.07) is 13.3. The number of rotatable bonds is 9. The molecule has 1 unspecified atom stereocenters. The SMILES string of the molecule is C#CCOc1ccc([C@@H]2CCCC[C@H]2NC(=O)C(OCC#C)c2ccc(Br)cc2)cc1OC. The zero-order chi connectivity index (χ0) is 23.6. The Bertz CT molecular complexity index is 1020. The van der Waals surface area contributed by atoms with E-state index in [4.69, 9.17) is 27.1 Å². The van der Waals surface area contributed by atoms with Gasteiger partial charge in [0.05, 0.1) is 7.11 Å². The summed E-state index contributed by atoms with van der Waals surface area (Å²) in [4.78, 5) is 13.3. The Hall–Kier alpha value is -2.93. The molecule has 33 heavy (non-hydrogen) atoms. The van der Waals surface area contributed by atoms with E-state index in [1.165, 1.54) is 0 Å². The molecule has 0 aliphatic heterocycles. The van der Waals surface area contributed by atoms with Gasteiger partial charge in [-0.3, -0.25) is 4.79 Å². The molecule has 0 radical (unpaired) electrons. The molecule has 3 atom stereocenters. The van der Waals surface area contributed by atoms with E-state index >= 15 is 0 Å². The fourth-order valence-electron chi connectivity index (χ4n) is 4.21. The average Bonchev–Trinajstić information content (AvgIpc) is 2.84. The minimum absolute atomic E-state index is 0.0270. The van der Waals surface area contributed by atoms with Crippen molar-refractivity contribution in [3.05, 3.63) is 58.1 Å². The van der Waals surface area contributed by atoms with Crippen LogP contribution in [-0.2, 0) is 9.53 Å². The van der Waals surface area contributed by atoms with Crippen LogP contribution >= 0.6 is 15.9 Å². The van der Waals surface area contributed by atoms with Crippen molar-refractivity contribution in [2.75, 3.05) is 20.3 Å². The molecule has 1 aliphatic carbocycles. The summed E-state index contributed by atoms with van der Waals surface area (Å²) < 4.78 is 17.8. The molecular weight excluding hydrogens is 482 g/mol. The van der Waals surface area contributed by atoms with Gasteiger partial charge in [0, 0.05) is 16.4 Å². The van der Waals surface area contributed by atoms with Crippen LogP contribution in [0.25, 0.3) is 0 Å². The summed E-state index contributed by atoms with van der Waals surface area (Å²) >= 11 is 3.43. The van der Waals surface area contributed by atoms with Crippen LogP contribution in [0.5, 0.6) is 11.5 Å². The van der Waals surface area contributed by atoms with Crippen molar-refractivity contribution in [3.63, 3.8) is 0 Å². The molecule has 0 bridgehead atoms. The Morgan fingerprint density at radius 1 is 1.09 bits per heavy atom. The van der Waals surface area contributed by atoms with Crippen molar-refractivity contribution in [2.24, 2.45) is 0 Å². The Balaban J connectivity index is 1.80. The van der Waals surface area contributed by atoms with E-state index in [1.54, 1.807) is 7.11 Å². The first-order valence-corrected chi connectivity index (χ1v) is 11.7. The number of benzene rings is 2. The summed E-state index contributed by atoms with van der Waals surface area (Å²) in [6.07, 6.45) is 13.9. The van der Waals surface area contributed by atoms with Crippen LogP contribution in [0.1, 0.15) is 48.8 Å². The summed E-state index contributed by atoms with van der Waals surface area (Å²) in [6.45, 7) is 0.228. The molecule has 0 saturated heterocycles. The van der Waals surface area contributed by atoms with Crippen molar-refractivity contribution >= 4 is 21.8 Å². The molecule has 6 heteroatoms. The normalized spacial score (nSPS) is 18.4. The highest BCUT2D eigenvalue weighted by atomic mass is 79.9. The maximum Gasteiger partial charge on any atom is 0.254 e. The van der Waals surface area contributed by atoms with E-state index in [9.17, 15) is 4.79 Å². The fourth-order valence-corrected chi connectivity index (χ4v) is 4.47. The van der Waals surface area contributed by atoms with E-state index in [0.29, 0.717) is 11.5 Å². The quantitative estimate of drug-likeness (QED) is 0.483. The molecule has 0 spiro atoms. The molecule has 2 aromatic carbocycles. The lowest BCUT2D eigenvalue weighted by atomic mass is 9.79. The number of carbonyl (C=O) groups is 1. The fraction of sp³-hybridized carbons (Fsp3) is 0.370. The maximum absolute atomic E-state index is 13.3. The van der Waals surface area contributed by atoms with Crippen LogP contribution in [-0.4, -0.2) is 32.3 Å². The Morgan fingerprint density at radius 2 is 1.82 bits per heavy atom. The van der Waals surface area contributed by atoms with Crippen LogP contribution in [0.2, 0.25) is 0 Å². The number of nitrogens with one attached hydrogen (secondary N) is 1. The maximum atomic E-state index is 13.3. The lowest BCUT2D eigenvalue weighted by Crippen LogP contribution is -2.43. The third-order valence-corrected chi connectivity index (χ3v) is 6.29. The number of carbonyl (C=O) groups excluding carboxylic acids is 1. The zero-order valence-electron chi connectivity index (χ0n) is 18.7. The molecular formula is C27H28BrNO4. The molecule has 0 aromatic heterocycles. The first-order chi connectivity index (χ1) is 16.1. The van der Waals surface area contributed by atoms with Gasteiger partial charge in [0.2, 0.25) is 0 Å². The lowest BCUT2D eigenvalue weighted by Gasteiger charge is -2.34. The van der Waals surface area contributed by atoms with Gasteiger partial charge in [0.25, 0.3) is 5.91 Å². The largest absolute Gasteiger partial charge is 0.493 e. The van der Waals surface area contributed by atoms with Gasteiger partial charge in [-0.15, -0.1) is 12.8 Å². The van der Waals surface area contributed by atoms with Crippen molar-refractivity contribution in [3.8, 4) is 36.2 Å². The minimum Gasteiger partial charge on any atom is -0.493 e. The molecule has 0 heterocycles. The van der Waals surface area contributed by atoms with Gasteiger partial charge in [-0.2, -0.15) is 0 Å². The lowest BCUT2D eigenvalue weighted by molar-refractivity contribution is -0.133. The topological polar surface area (TPSA) is 56.8 Å². The Kier molecular flexibility index (Phi) is 9.24. The molecule has 1 N–H and O–H groups in total. The van der Waals surface area contributed by atoms with E-state index in [1.807, 2.05) is 42.5 Å². The number of methoxy groups -OCH3 is 1. The molecule has 5 nitrogen and oxygen atoms in total. The van der Waals surface area contributed by atoms with Crippen molar-refractivity contribution < 1.29 is 19.0 Å². The Labute approximate surface area is 204 Å². The van der Waals surface area contributed by atoms with Crippen LogP contribution < -0.4 is 14.8 Å². The highest BCUT2D eigenvalue weighted by molar-refractivity contribution is 9.10. The number of ether oxygens (including phenoxy) is 3.